The molecular formula is C16H21N3OS. The summed E-state index contributed by atoms with van der Waals surface area (Å²) >= 11 is 1.45. The van der Waals surface area contributed by atoms with E-state index in [1.807, 2.05) is 18.2 Å². The van der Waals surface area contributed by atoms with Crippen LogP contribution in [0.25, 0.3) is 0 Å². The highest BCUT2D eigenvalue weighted by molar-refractivity contribution is 7.13. The van der Waals surface area contributed by atoms with Crippen LogP contribution in [0.3, 0.4) is 0 Å². The fourth-order valence-corrected chi connectivity index (χ4v) is 3.04. The monoisotopic (exact) mass is 303 g/mol. The van der Waals surface area contributed by atoms with Crippen LogP contribution in [0.15, 0.2) is 24.3 Å². The van der Waals surface area contributed by atoms with E-state index in [1.54, 1.807) is 0 Å². The Labute approximate surface area is 129 Å². The maximum Gasteiger partial charge on any atom is 0.140 e. The minimum atomic E-state index is 0.0937. The van der Waals surface area contributed by atoms with Gasteiger partial charge in [-0.2, -0.15) is 0 Å². The van der Waals surface area contributed by atoms with Gasteiger partial charge >= 0.3 is 0 Å². The van der Waals surface area contributed by atoms with Crippen LogP contribution < -0.4 is 10.5 Å². The lowest BCUT2D eigenvalue weighted by Crippen LogP contribution is -2.11. The third kappa shape index (κ3) is 3.82. The molecule has 1 heterocycles. The lowest BCUT2D eigenvalue weighted by atomic mass is 10.1. The van der Waals surface area contributed by atoms with Gasteiger partial charge in [-0.1, -0.05) is 38.5 Å². The zero-order chi connectivity index (χ0) is 15.2. The fourth-order valence-electron chi connectivity index (χ4n) is 2.16. The van der Waals surface area contributed by atoms with Crippen molar-refractivity contribution in [1.82, 2.24) is 4.98 Å². The second kappa shape index (κ2) is 7.22. The van der Waals surface area contributed by atoms with Gasteiger partial charge in [0.05, 0.1) is 10.6 Å². The van der Waals surface area contributed by atoms with Gasteiger partial charge < -0.3 is 10.5 Å². The van der Waals surface area contributed by atoms with E-state index in [9.17, 15) is 0 Å². The maximum atomic E-state index is 7.64. The first kappa shape index (κ1) is 15.5. The molecule has 0 radical (unpaired) electrons. The Morgan fingerprint density at radius 2 is 2.10 bits per heavy atom. The Kier molecular flexibility index (Phi) is 5.33. The lowest BCUT2D eigenvalue weighted by molar-refractivity contribution is 0.302. The molecule has 0 atom stereocenters. The standard InChI is InChI=1S/C16H21N3OS/c1-3-7-12-15(16(17)18)21-14(19-12)10-20-13-9-6-5-8-11(13)4-2/h5-6,8-9H,3-4,7,10H2,1-2H3,(H3,17,18). The molecule has 0 amide bonds. The largest absolute Gasteiger partial charge is 0.486 e. The summed E-state index contributed by atoms with van der Waals surface area (Å²) in [7, 11) is 0. The van der Waals surface area contributed by atoms with Crippen LogP contribution in [0.4, 0.5) is 0 Å². The first-order valence-electron chi connectivity index (χ1n) is 7.19. The van der Waals surface area contributed by atoms with Crippen molar-refractivity contribution in [2.45, 2.75) is 39.7 Å². The van der Waals surface area contributed by atoms with E-state index < -0.39 is 0 Å². The molecule has 3 N–H and O–H groups in total. The van der Waals surface area contributed by atoms with E-state index in [4.69, 9.17) is 15.9 Å². The summed E-state index contributed by atoms with van der Waals surface area (Å²) in [5.74, 6) is 0.993. The average molecular weight is 303 g/mol. The summed E-state index contributed by atoms with van der Waals surface area (Å²) < 4.78 is 5.88. The highest BCUT2D eigenvalue weighted by Crippen LogP contribution is 2.23. The Bertz CT molecular complexity index is 622. The number of nitrogens with one attached hydrogen (secondary N) is 1. The molecular weight excluding hydrogens is 282 g/mol. The van der Waals surface area contributed by atoms with Gasteiger partial charge in [0.1, 0.15) is 23.2 Å². The number of benzene rings is 1. The van der Waals surface area contributed by atoms with E-state index in [1.165, 1.54) is 16.9 Å². The van der Waals surface area contributed by atoms with Gasteiger partial charge in [-0.3, -0.25) is 5.41 Å². The molecule has 0 aliphatic heterocycles. The van der Waals surface area contributed by atoms with E-state index in [0.29, 0.717) is 6.61 Å². The van der Waals surface area contributed by atoms with Crippen LogP contribution in [-0.4, -0.2) is 10.8 Å². The minimum absolute atomic E-state index is 0.0937. The molecule has 1 aromatic carbocycles. The third-order valence-electron chi connectivity index (χ3n) is 3.18. The summed E-state index contributed by atoms with van der Waals surface area (Å²) in [6.45, 7) is 4.63. The quantitative estimate of drug-likeness (QED) is 0.607. The number of amidine groups is 1. The molecule has 0 saturated carbocycles. The van der Waals surface area contributed by atoms with Crippen molar-refractivity contribution >= 4 is 17.2 Å². The highest BCUT2D eigenvalue weighted by Gasteiger charge is 2.13. The smallest absolute Gasteiger partial charge is 0.140 e. The molecule has 1 aromatic heterocycles. The topological polar surface area (TPSA) is 72.0 Å². The molecule has 21 heavy (non-hydrogen) atoms. The Morgan fingerprint density at radius 3 is 2.76 bits per heavy atom. The van der Waals surface area contributed by atoms with Crippen molar-refractivity contribution in [1.29, 1.82) is 5.41 Å². The van der Waals surface area contributed by atoms with Crippen molar-refractivity contribution in [2.24, 2.45) is 5.73 Å². The van der Waals surface area contributed by atoms with Crippen LogP contribution in [0.1, 0.15) is 41.4 Å². The van der Waals surface area contributed by atoms with Gasteiger partial charge in [0.15, 0.2) is 0 Å². The number of aromatic nitrogens is 1. The van der Waals surface area contributed by atoms with Crippen molar-refractivity contribution in [3.05, 3.63) is 45.4 Å². The molecule has 0 bridgehead atoms. The Morgan fingerprint density at radius 1 is 1.33 bits per heavy atom. The van der Waals surface area contributed by atoms with Crippen LogP contribution in [0.2, 0.25) is 0 Å². The van der Waals surface area contributed by atoms with Gasteiger partial charge in [0.25, 0.3) is 0 Å². The lowest BCUT2D eigenvalue weighted by Gasteiger charge is -2.08. The van der Waals surface area contributed by atoms with E-state index in [0.717, 1.165) is 40.6 Å². The number of para-hydroxylation sites is 1. The van der Waals surface area contributed by atoms with E-state index in [2.05, 4.69) is 24.9 Å². The SMILES string of the molecule is CCCc1nc(COc2ccccc2CC)sc1C(=N)N. The van der Waals surface area contributed by atoms with Gasteiger partial charge in [-0.05, 0) is 24.5 Å². The molecule has 0 fully saturated rings. The summed E-state index contributed by atoms with van der Waals surface area (Å²) in [4.78, 5) is 5.34. The second-order valence-electron chi connectivity index (χ2n) is 4.80. The third-order valence-corrected chi connectivity index (χ3v) is 4.28. The van der Waals surface area contributed by atoms with Crippen molar-refractivity contribution in [3.63, 3.8) is 0 Å². The molecule has 4 nitrogen and oxygen atoms in total. The van der Waals surface area contributed by atoms with Gasteiger partial charge in [-0.15, -0.1) is 11.3 Å². The Balaban J connectivity index is 2.13. The van der Waals surface area contributed by atoms with E-state index in [-0.39, 0.29) is 5.84 Å². The average Bonchev–Trinajstić information content (AvgIpc) is 2.89. The number of aryl methyl sites for hydroxylation is 2. The molecule has 0 aliphatic rings. The molecule has 112 valence electrons. The number of nitrogens with two attached hydrogens (primary N) is 1. The number of nitrogen functional groups attached to an aromatic ring is 1. The first-order chi connectivity index (χ1) is 10.2. The zero-order valence-corrected chi connectivity index (χ0v) is 13.3. The number of thiazole rings is 1. The van der Waals surface area contributed by atoms with E-state index >= 15 is 0 Å². The molecule has 0 spiro atoms. The molecule has 5 heteroatoms. The normalized spacial score (nSPS) is 10.6. The number of hydrogen-bond donors (Lipinski definition) is 2. The molecule has 2 aromatic rings. The van der Waals surface area contributed by atoms with Crippen LogP contribution in [0.5, 0.6) is 5.75 Å². The summed E-state index contributed by atoms with van der Waals surface area (Å²) in [6, 6.07) is 8.04. The zero-order valence-electron chi connectivity index (χ0n) is 12.5. The Hall–Kier alpha value is -1.88. The van der Waals surface area contributed by atoms with Gasteiger partial charge in [0, 0.05) is 0 Å². The highest BCUT2D eigenvalue weighted by atomic mass is 32.1. The van der Waals surface area contributed by atoms with Crippen LogP contribution in [0, 0.1) is 5.41 Å². The minimum Gasteiger partial charge on any atom is -0.486 e. The number of ether oxygens (including phenoxy) is 1. The van der Waals surface area contributed by atoms with Crippen LogP contribution in [-0.2, 0) is 19.4 Å². The number of nitrogens with zero attached hydrogens (tertiary/aromatic N) is 1. The summed E-state index contributed by atoms with van der Waals surface area (Å²) in [5, 5.41) is 8.51. The van der Waals surface area contributed by atoms with Crippen LogP contribution >= 0.6 is 11.3 Å². The predicted octanol–water partition coefficient (Wildman–Crippen LogP) is 3.52. The first-order valence-corrected chi connectivity index (χ1v) is 8.01. The second-order valence-corrected chi connectivity index (χ2v) is 5.88. The van der Waals surface area contributed by atoms with Gasteiger partial charge in [0.2, 0.25) is 0 Å². The molecule has 2 rings (SSSR count). The summed E-state index contributed by atoms with van der Waals surface area (Å²) in [5.41, 5.74) is 7.73. The fraction of sp³-hybridized carbons (Fsp3) is 0.375. The van der Waals surface area contributed by atoms with Crippen molar-refractivity contribution < 1.29 is 4.74 Å². The predicted molar refractivity (Wildman–Crippen MR) is 87.3 cm³/mol. The molecule has 0 saturated heterocycles. The number of rotatable bonds is 7. The van der Waals surface area contributed by atoms with Crippen molar-refractivity contribution in [2.75, 3.05) is 0 Å². The molecule has 0 unspecified atom stereocenters. The summed E-state index contributed by atoms with van der Waals surface area (Å²) in [6.07, 6.45) is 2.77. The van der Waals surface area contributed by atoms with Gasteiger partial charge in [-0.25, -0.2) is 4.98 Å². The number of hydrogen-bond acceptors (Lipinski definition) is 4. The maximum absolute atomic E-state index is 7.64. The van der Waals surface area contributed by atoms with Crippen molar-refractivity contribution in [3.8, 4) is 5.75 Å². The molecule has 0 aliphatic carbocycles.